The summed E-state index contributed by atoms with van der Waals surface area (Å²) in [6.07, 6.45) is 0.154. The highest BCUT2D eigenvalue weighted by Gasteiger charge is 2.35. The number of nitrogens with zero attached hydrogens (tertiary/aromatic N) is 1. The van der Waals surface area contributed by atoms with Crippen molar-refractivity contribution >= 4 is 40.6 Å². The summed E-state index contributed by atoms with van der Waals surface area (Å²) >= 11 is 5.87. The molecule has 1 N–H and O–H groups in total. The molecule has 1 aliphatic heterocycles. The first-order chi connectivity index (χ1) is 11.9. The maximum Gasteiger partial charge on any atom is 0.229 e. The molecule has 0 saturated carbocycles. The Morgan fingerprint density at radius 2 is 1.88 bits per heavy atom. The molecule has 1 heterocycles. The highest BCUT2D eigenvalue weighted by molar-refractivity contribution is 6.30. The fourth-order valence-corrected chi connectivity index (χ4v) is 2.94. The van der Waals surface area contributed by atoms with Crippen LogP contribution in [0.2, 0.25) is 5.02 Å². The number of ketones is 1. The molecule has 0 bridgehead atoms. The SMILES string of the molecule is CC(=O)c1cccc(NC(=O)C2CC(=O)N(c3ccc(Cl)cc3)C2)c1. The average molecular weight is 357 g/mol. The van der Waals surface area contributed by atoms with Crippen LogP contribution in [0.4, 0.5) is 11.4 Å². The van der Waals surface area contributed by atoms with Gasteiger partial charge in [0, 0.05) is 34.9 Å². The number of benzene rings is 2. The molecule has 2 amide bonds. The van der Waals surface area contributed by atoms with Gasteiger partial charge in [0.1, 0.15) is 0 Å². The predicted octanol–water partition coefficient (Wildman–Crippen LogP) is 3.53. The van der Waals surface area contributed by atoms with Gasteiger partial charge in [-0.15, -0.1) is 0 Å². The van der Waals surface area contributed by atoms with Gasteiger partial charge in [-0.25, -0.2) is 0 Å². The highest BCUT2D eigenvalue weighted by Crippen LogP contribution is 2.27. The molecule has 25 heavy (non-hydrogen) atoms. The van der Waals surface area contributed by atoms with E-state index in [0.717, 1.165) is 5.69 Å². The minimum atomic E-state index is -0.441. The average Bonchev–Trinajstić information content (AvgIpc) is 2.98. The van der Waals surface area contributed by atoms with Gasteiger partial charge in [-0.3, -0.25) is 14.4 Å². The largest absolute Gasteiger partial charge is 0.326 e. The van der Waals surface area contributed by atoms with E-state index in [2.05, 4.69) is 5.32 Å². The van der Waals surface area contributed by atoms with Crippen LogP contribution in [0.5, 0.6) is 0 Å². The second-order valence-electron chi connectivity index (χ2n) is 6.01. The van der Waals surface area contributed by atoms with Crippen LogP contribution >= 0.6 is 11.6 Å². The number of rotatable bonds is 4. The summed E-state index contributed by atoms with van der Waals surface area (Å²) in [7, 11) is 0. The van der Waals surface area contributed by atoms with Crippen molar-refractivity contribution in [3.63, 3.8) is 0 Å². The number of anilines is 2. The van der Waals surface area contributed by atoms with Crippen LogP contribution in [0.15, 0.2) is 48.5 Å². The Labute approximate surface area is 150 Å². The molecule has 1 fully saturated rings. The third-order valence-corrected chi connectivity index (χ3v) is 4.42. The zero-order chi connectivity index (χ0) is 18.0. The monoisotopic (exact) mass is 356 g/mol. The van der Waals surface area contributed by atoms with Crippen LogP contribution in [-0.4, -0.2) is 24.1 Å². The Kier molecular flexibility index (Phi) is 4.86. The van der Waals surface area contributed by atoms with E-state index >= 15 is 0 Å². The summed E-state index contributed by atoms with van der Waals surface area (Å²) in [6, 6.07) is 13.7. The molecule has 1 saturated heterocycles. The minimum Gasteiger partial charge on any atom is -0.326 e. The molecular formula is C19H17ClN2O3. The van der Waals surface area contributed by atoms with E-state index in [1.165, 1.54) is 6.92 Å². The zero-order valence-electron chi connectivity index (χ0n) is 13.7. The molecule has 2 aromatic carbocycles. The van der Waals surface area contributed by atoms with Crippen LogP contribution in [-0.2, 0) is 9.59 Å². The number of hydrogen-bond donors (Lipinski definition) is 1. The van der Waals surface area contributed by atoms with Gasteiger partial charge in [0.25, 0.3) is 0 Å². The first-order valence-corrected chi connectivity index (χ1v) is 8.29. The molecular weight excluding hydrogens is 340 g/mol. The topological polar surface area (TPSA) is 66.5 Å². The van der Waals surface area contributed by atoms with E-state index in [4.69, 9.17) is 11.6 Å². The molecule has 0 radical (unpaired) electrons. The maximum atomic E-state index is 12.5. The van der Waals surface area contributed by atoms with E-state index in [9.17, 15) is 14.4 Å². The lowest BCUT2D eigenvalue weighted by molar-refractivity contribution is -0.122. The Balaban J connectivity index is 1.69. The van der Waals surface area contributed by atoms with Gasteiger partial charge < -0.3 is 10.2 Å². The van der Waals surface area contributed by atoms with E-state index in [0.29, 0.717) is 22.8 Å². The quantitative estimate of drug-likeness (QED) is 0.852. The maximum absolute atomic E-state index is 12.5. The lowest BCUT2D eigenvalue weighted by Gasteiger charge is -2.16. The second-order valence-corrected chi connectivity index (χ2v) is 6.44. The summed E-state index contributed by atoms with van der Waals surface area (Å²) in [6.45, 7) is 1.79. The van der Waals surface area contributed by atoms with Gasteiger partial charge in [-0.05, 0) is 43.3 Å². The van der Waals surface area contributed by atoms with Crippen LogP contribution in [0.1, 0.15) is 23.7 Å². The van der Waals surface area contributed by atoms with Gasteiger partial charge in [0.2, 0.25) is 11.8 Å². The lowest BCUT2D eigenvalue weighted by atomic mass is 10.1. The molecule has 0 aliphatic carbocycles. The van der Waals surface area contributed by atoms with E-state index < -0.39 is 5.92 Å². The first-order valence-electron chi connectivity index (χ1n) is 7.92. The first kappa shape index (κ1) is 17.2. The second kappa shape index (κ2) is 7.07. The third kappa shape index (κ3) is 3.88. The van der Waals surface area contributed by atoms with Crippen molar-refractivity contribution in [1.29, 1.82) is 0 Å². The van der Waals surface area contributed by atoms with Gasteiger partial charge >= 0.3 is 0 Å². The Morgan fingerprint density at radius 1 is 1.16 bits per heavy atom. The van der Waals surface area contributed by atoms with Gasteiger partial charge in [-0.1, -0.05) is 23.7 Å². The molecule has 1 unspecified atom stereocenters. The molecule has 6 heteroatoms. The molecule has 2 aromatic rings. The summed E-state index contributed by atoms with van der Waals surface area (Å²) in [5.41, 5.74) is 1.81. The van der Waals surface area contributed by atoms with Crippen LogP contribution < -0.4 is 10.2 Å². The summed E-state index contributed by atoms with van der Waals surface area (Å²) < 4.78 is 0. The molecule has 3 rings (SSSR count). The van der Waals surface area contributed by atoms with E-state index in [1.807, 2.05) is 0 Å². The fraction of sp³-hybridized carbons (Fsp3) is 0.211. The van der Waals surface area contributed by atoms with Gasteiger partial charge in [0.15, 0.2) is 5.78 Å². The third-order valence-electron chi connectivity index (χ3n) is 4.17. The number of carbonyl (C=O) groups excluding carboxylic acids is 3. The molecule has 128 valence electrons. The Bertz CT molecular complexity index is 833. The lowest BCUT2D eigenvalue weighted by Crippen LogP contribution is -2.28. The molecule has 0 spiro atoms. The van der Waals surface area contributed by atoms with Crippen molar-refractivity contribution in [3.05, 3.63) is 59.1 Å². The van der Waals surface area contributed by atoms with Crippen molar-refractivity contribution in [3.8, 4) is 0 Å². The van der Waals surface area contributed by atoms with Crippen molar-refractivity contribution in [2.75, 3.05) is 16.8 Å². The van der Waals surface area contributed by atoms with Gasteiger partial charge in [-0.2, -0.15) is 0 Å². The number of hydrogen-bond acceptors (Lipinski definition) is 3. The predicted molar refractivity (Wildman–Crippen MR) is 97.0 cm³/mol. The molecule has 0 aromatic heterocycles. The van der Waals surface area contributed by atoms with Crippen molar-refractivity contribution in [1.82, 2.24) is 0 Å². The molecule has 5 nitrogen and oxygen atoms in total. The van der Waals surface area contributed by atoms with Crippen LogP contribution in [0, 0.1) is 5.92 Å². The smallest absolute Gasteiger partial charge is 0.229 e. The number of carbonyl (C=O) groups is 3. The highest BCUT2D eigenvalue weighted by atomic mass is 35.5. The number of halogens is 1. The minimum absolute atomic E-state index is 0.0685. The van der Waals surface area contributed by atoms with E-state index in [1.54, 1.807) is 53.4 Å². The molecule has 1 aliphatic rings. The summed E-state index contributed by atoms with van der Waals surface area (Å²) in [4.78, 5) is 37.7. The zero-order valence-corrected chi connectivity index (χ0v) is 14.4. The standard InChI is InChI=1S/C19H17ClN2O3/c1-12(23)13-3-2-4-16(9-13)21-19(25)14-10-18(24)22(11-14)17-7-5-15(20)6-8-17/h2-9,14H,10-11H2,1H3,(H,21,25). The Morgan fingerprint density at radius 3 is 2.56 bits per heavy atom. The van der Waals surface area contributed by atoms with Crippen molar-refractivity contribution in [2.45, 2.75) is 13.3 Å². The van der Waals surface area contributed by atoms with Crippen LogP contribution in [0.3, 0.4) is 0 Å². The summed E-state index contributed by atoms with van der Waals surface area (Å²) in [5.74, 6) is -0.837. The fourth-order valence-electron chi connectivity index (χ4n) is 2.81. The van der Waals surface area contributed by atoms with Crippen molar-refractivity contribution in [2.24, 2.45) is 5.92 Å². The number of nitrogens with one attached hydrogen (secondary N) is 1. The van der Waals surface area contributed by atoms with Crippen LogP contribution in [0.25, 0.3) is 0 Å². The summed E-state index contributed by atoms with van der Waals surface area (Å²) in [5, 5.41) is 3.38. The number of Topliss-reactive ketones (excluding diaryl/α,β-unsaturated/α-hetero) is 1. The number of amides is 2. The Hall–Kier alpha value is -2.66. The molecule has 1 atom stereocenters. The normalized spacial score (nSPS) is 16.8. The van der Waals surface area contributed by atoms with E-state index in [-0.39, 0.29) is 24.0 Å². The van der Waals surface area contributed by atoms with Crippen molar-refractivity contribution < 1.29 is 14.4 Å². The van der Waals surface area contributed by atoms with Gasteiger partial charge in [0.05, 0.1) is 5.92 Å².